The van der Waals surface area contributed by atoms with Gasteiger partial charge in [0.25, 0.3) is 0 Å². The van der Waals surface area contributed by atoms with Crippen LogP contribution in [0.3, 0.4) is 0 Å². The van der Waals surface area contributed by atoms with E-state index in [9.17, 15) is 4.79 Å². The van der Waals surface area contributed by atoms with Gasteiger partial charge >= 0.3 is 0 Å². The molecule has 0 N–H and O–H groups in total. The third-order valence-electron chi connectivity index (χ3n) is 3.55. The fourth-order valence-electron chi connectivity index (χ4n) is 2.47. The molecule has 1 aromatic carbocycles. The second kappa shape index (κ2) is 6.36. The Morgan fingerprint density at radius 2 is 2.14 bits per heavy atom. The van der Waals surface area contributed by atoms with E-state index in [0.29, 0.717) is 0 Å². The van der Waals surface area contributed by atoms with Crippen LogP contribution in [0, 0.1) is 3.57 Å². The molecule has 2 heterocycles. The lowest BCUT2D eigenvalue weighted by Crippen LogP contribution is -2.25. The number of hydrogen-bond donors (Lipinski definition) is 0. The predicted molar refractivity (Wildman–Crippen MR) is 94.7 cm³/mol. The van der Waals surface area contributed by atoms with Crippen LogP contribution in [0.4, 0.5) is 5.69 Å². The summed E-state index contributed by atoms with van der Waals surface area (Å²) in [5.41, 5.74) is 3.64. The molecule has 2 aromatic rings. The van der Waals surface area contributed by atoms with Gasteiger partial charge in [-0.15, -0.1) is 11.8 Å². The molecule has 0 fully saturated rings. The van der Waals surface area contributed by atoms with Crippen molar-refractivity contribution in [3.63, 3.8) is 0 Å². The summed E-state index contributed by atoms with van der Waals surface area (Å²) in [5, 5.41) is 0. The Labute approximate surface area is 142 Å². The van der Waals surface area contributed by atoms with Crippen molar-refractivity contribution in [2.75, 3.05) is 11.4 Å². The molecular formula is C16H15IN2OS. The number of anilines is 1. The maximum absolute atomic E-state index is 11.6. The molecule has 0 atom stereocenters. The molecule has 1 amide bonds. The molecule has 3 nitrogen and oxygen atoms in total. The van der Waals surface area contributed by atoms with Crippen molar-refractivity contribution in [2.45, 2.75) is 24.0 Å². The maximum atomic E-state index is 11.6. The molecule has 5 heteroatoms. The van der Waals surface area contributed by atoms with Crippen LogP contribution in [0.15, 0.2) is 41.6 Å². The van der Waals surface area contributed by atoms with Crippen molar-refractivity contribution in [3.05, 3.63) is 51.4 Å². The van der Waals surface area contributed by atoms with E-state index in [-0.39, 0.29) is 5.91 Å². The minimum absolute atomic E-state index is 0.127. The summed E-state index contributed by atoms with van der Waals surface area (Å²) in [6, 6.07) is 8.47. The summed E-state index contributed by atoms with van der Waals surface area (Å²) in [6.45, 7) is 2.44. The smallest absolute Gasteiger partial charge is 0.223 e. The zero-order chi connectivity index (χ0) is 14.8. The van der Waals surface area contributed by atoms with Crippen LogP contribution in [0.1, 0.15) is 18.1 Å². The second-order valence-electron chi connectivity index (χ2n) is 4.98. The largest absolute Gasteiger partial charge is 0.312 e. The molecule has 0 spiro atoms. The summed E-state index contributed by atoms with van der Waals surface area (Å²) in [7, 11) is 0. The molecule has 21 heavy (non-hydrogen) atoms. The highest BCUT2D eigenvalue weighted by Crippen LogP contribution is 2.36. The van der Waals surface area contributed by atoms with Crippen molar-refractivity contribution in [3.8, 4) is 0 Å². The number of hydrogen-bond acceptors (Lipinski definition) is 3. The van der Waals surface area contributed by atoms with Crippen molar-refractivity contribution in [2.24, 2.45) is 0 Å². The Hall–Kier alpha value is -1.08. The van der Waals surface area contributed by atoms with E-state index in [0.717, 1.165) is 24.4 Å². The first kappa shape index (κ1) is 14.8. The number of aromatic nitrogens is 1. The fraction of sp³-hybridized carbons (Fsp3) is 0.250. The Morgan fingerprint density at radius 1 is 1.38 bits per heavy atom. The van der Waals surface area contributed by atoms with E-state index < -0.39 is 0 Å². The lowest BCUT2D eigenvalue weighted by Gasteiger charge is -2.16. The van der Waals surface area contributed by atoms with Gasteiger partial charge < -0.3 is 4.90 Å². The molecule has 3 rings (SSSR count). The Bertz CT molecular complexity index is 675. The van der Waals surface area contributed by atoms with Crippen LogP contribution >= 0.6 is 34.4 Å². The maximum Gasteiger partial charge on any atom is 0.223 e. The normalized spacial score (nSPS) is 13.3. The van der Waals surface area contributed by atoms with Gasteiger partial charge in [-0.05, 0) is 64.4 Å². The first-order valence-electron chi connectivity index (χ1n) is 6.77. The highest BCUT2D eigenvalue weighted by atomic mass is 127. The number of pyridine rings is 1. The SMILES string of the molecule is CC(=O)N1CCc2cc(SCc3ccncc3)c(I)cc21. The van der Waals surface area contributed by atoms with Crippen LogP contribution in [-0.4, -0.2) is 17.4 Å². The minimum Gasteiger partial charge on any atom is -0.312 e. The van der Waals surface area contributed by atoms with E-state index in [4.69, 9.17) is 0 Å². The number of amides is 1. The van der Waals surface area contributed by atoms with Gasteiger partial charge in [0.15, 0.2) is 0 Å². The predicted octanol–water partition coefficient (Wildman–Crippen LogP) is 3.89. The monoisotopic (exact) mass is 410 g/mol. The van der Waals surface area contributed by atoms with Crippen molar-refractivity contribution < 1.29 is 4.79 Å². The molecule has 1 aliphatic heterocycles. The Morgan fingerprint density at radius 3 is 2.86 bits per heavy atom. The van der Waals surface area contributed by atoms with Gasteiger partial charge in [0.2, 0.25) is 5.91 Å². The number of carbonyl (C=O) groups is 1. The lowest BCUT2D eigenvalue weighted by molar-refractivity contribution is -0.116. The lowest BCUT2D eigenvalue weighted by atomic mass is 10.2. The third kappa shape index (κ3) is 3.23. The number of fused-ring (bicyclic) bond motifs is 1. The summed E-state index contributed by atoms with van der Waals surface area (Å²) < 4.78 is 1.21. The van der Waals surface area contributed by atoms with Crippen LogP contribution in [0.25, 0.3) is 0 Å². The topological polar surface area (TPSA) is 33.2 Å². The third-order valence-corrected chi connectivity index (χ3v) is 5.94. The molecule has 0 saturated carbocycles. The summed E-state index contributed by atoms with van der Waals surface area (Å²) in [4.78, 5) is 18.8. The molecular weight excluding hydrogens is 395 g/mol. The summed E-state index contributed by atoms with van der Waals surface area (Å²) in [6.07, 6.45) is 4.61. The first-order valence-corrected chi connectivity index (χ1v) is 8.84. The van der Waals surface area contributed by atoms with Gasteiger partial charge in [-0.2, -0.15) is 0 Å². The molecule has 1 aliphatic rings. The van der Waals surface area contributed by atoms with Gasteiger partial charge in [0, 0.05) is 45.8 Å². The van der Waals surface area contributed by atoms with E-state index >= 15 is 0 Å². The van der Waals surface area contributed by atoms with E-state index in [1.807, 2.05) is 41.2 Å². The van der Waals surface area contributed by atoms with Crippen molar-refractivity contribution in [1.82, 2.24) is 4.98 Å². The number of nitrogens with zero attached hydrogens (tertiary/aromatic N) is 2. The minimum atomic E-state index is 0.127. The van der Waals surface area contributed by atoms with Crippen LogP contribution in [0.5, 0.6) is 0 Å². The summed E-state index contributed by atoms with van der Waals surface area (Å²) >= 11 is 4.20. The van der Waals surface area contributed by atoms with E-state index in [2.05, 4.69) is 39.7 Å². The van der Waals surface area contributed by atoms with Gasteiger partial charge in [-0.3, -0.25) is 9.78 Å². The Kier molecular flexibility index (Phi) is 4.49. The molecule has 108 valence electrons. The standard InChI is InChI=1S/C16H15IN2OS/c1-11(20)19-7-4-13-8-16(14(17)9-15(13)19)21-10-12-2-5-18-6-3-12/h2-3,5-6,8-9H,4,7,10H2,1H3. The van der Waals surface area contributed by atoms with Gasteiger partial charge in [0.1, 0.15) is 0 Å². The Balaban J connectivity index is 1.80. The van der Waals surface area contributed by atoms with Crippen LogP contribution < -0.4 is 4.90 Å². The number of carbonyl (C=O) groups excluding carboxylic acids is 1. The molecule has 0 unspecified atom stereocenters. The first-order chi connectivity index (χ1) is 10.1. The van der Waals surface area contributed by atoms with Gasteiger partial charge in [0.05, 0.1) is 0 Å². The van der Waals surface area contributed by atoms with E-state index in [1.54, 1.807) is 6.92 Å². The average Bonchev–Trinajstić information content (AvgIpc) is 2.88. The van der Waals surface area contributed by atoms with E-state index in [1.165, 1.54) is 19.6 Å². The zero-order valence-corrected chi connectivity index (χ0v) is 14.6. The molecule has 0 aliphatic carbocycles. The van der Waals surface area contributed by atoms with Crippen molar-refractivity contribution in [1.29, 1.82) is 0 Å². The number of benzene rings is 1. The quantitative estimate of drug-likeness (QED) is 0.569. The average molecular weight is 410 g/mol. The van der Waals surface area contributed by atoms with Crippen molar-refractivity contribution >= 4 is 45.9 Å². The molecule has 0 saturated heterocycles. The highest BCUT2D eigenvalue weighted by Gasteiger charge is 2.23. The summed E-state index contributed by atoms with van der Waals surface area (Å²) in [5.74, 6) is 1.06. The van der Waals surface area contributed by atoms with Crippen LogP contribution in [-0.2, 0) is 17.0 Å². The fourth-order valence-corrected chi connectivity index (χ4v) is 4.32. The molecule has 0 radical (unpaired) electrons. The number of thioether (sulfide) groups is 1. The number of halogens is 1. The van der Waals surface area contributed by atoms with Gasteiger partial charge in [-0.1, -0.05) is 0 Å². The second-order valence-corrected chi connectivity index (χ2v) is 7.16. The molecule has 0 bridgehead atoms. The zero-order valence-electron chi connectivity index (χ0n) is 11.7. The molecule has 1 aromatic heterocycles. The highest BCUT2D eigenvalue weighted by molar-refractivity contribution is 14.1. The van der Waals surface area contributed by atoms with Gasteiger partial charge in [-0.25, -0.2) is 0 Å². The number of rotatable bonds is 3. The van der Waals surface area contributed by atoms with Crippen LogP contribution in [0.2, 0.25) is 0 Å².